The van der Waals surface area contributed by atoms with Gasteiger partial charge in [-0.25, -0.2) is 0 Å². The number of halogens is 1. The molecule has 1 rings (SSSR count). The van der Waals surface area contributed by atoms with Gasteiger partial charge >= 0.3 is 0 Å². The molecule has 15 heavy (non-hydrogen) atoms. The van der Waals surface area contributed by atoms with Gasteiger partial charge in [-0.15, -0.1) is 11.3 Å². The standard InChI is InChI=1S/C11H18BrNOS/c1-4-14-8(2)6-13-7-10-5-11(12)9(3)15-10/h5,8,13H,4,6-7H2,1-3H3. The van der Waals surface area contributed by atoms with E-state index < -0.39 is 0 Å². The predicted octanol–water partition coefficient (Wildman–Crippen LogP) is 3.33. The molecule has 0 aromatic carbocycles. The Morgan fingerprint density at radius 2 is 2.33 bits per heavy atom. The van der Waals surface area contributed by atoms with E-state index in [1.807, 2.05) is 18.3 Å². The number of ether oxygens (including phenoxy) is 1. The number of hydrogen-bond donors (Lipinski definition) is 1. The van der Waals surface area contributed by atoms with Crippen LogP contribution >= 0.6 is 27.3 Å². The Hall–Kier alpha value is 0.1000. The molecule has 0 aliphatic carbocycles. The van der Waals surface area contributed by atoms with Gasteiger partial charge < -0.3 is 10.1 Å². The molecule has 1 heterocycles. The van der Waals surface area contributed by atoms with E-state index in [1.54, 1.807) is 0 Å². The lowest BCUT2D eigenvalue weighted by atomic mass is 10.4. The largest absolute Gasteiger partial charge is 0.377 e. The third-order valence-electron chi connectivity index (χ3n) is 2.09. The quantitative estimate of drug-likeness (QED) is 0.868. The second kappa shape index (κ2) is 6.63. The molecular formula is C11H18BrNOS. The maximum Gasteiger partial charge on any atom is 0.0671 e. The topological polar surface area (TPSA) is 21.3 Å². The Morgan fingerprint density at radius 1 is 1.60 bits per heavy atom. The fourth-order valence-corrected chi connectivity index (χ4v) is 2.92. The zero-order chi connectivity index (χ0) is 11.3. The van der Waals surface area contributed by atoms with Crippen molar-refractivity contribution in [1.82, 2.24) is 5.32 Å². The first kappa shape index (κ1) is 13.2. The van der Waals surface area contributed by atoms with Crippen LogP contribution in [0, 0.1) is 6.92 Å². The summed E-state index contributed by atoms with van der Waals surface area (Å²) >= 11 is 5.35. The van der Waals surface area contributed by atoms with Crippen molar-refractivity contribution < 1.29 is 4.74 Å². The second-order valence-corrected chi connectivity index (χ2v) is 5.71. The number of nitrogens with one attached hydrogen (secondary N) is 1. The van der Waals surface area contributed by atoms with E-state index in [9.17, 15) is 0 Å². The smallest absolute Gasteiger partial charge is 0.0671 e. The van der Waals surface area contributed by atoms with Gasteiger partial charge in [0.15, 0.2) is 0 Å². The molecule has 0 aliphatic heterocycles. The van der Waals surface area contributed by atoms with Crippen molar-refractivity contribution in [1.29, 1.82) is 0 Å². The van der Waals surface area contributed by atoms with Crippen LogP contribution < -0.4 is 5.32 Å². The summed E-state index contributed by atoms with van der Waals surface area (Å²) in [5, 5.41) is 3.39. The highest BCUT2D eigenvalue weighted by Gasteiger charge is 2.04. The van der Waals surface area contributed by atoms with Crippen molar-refractivity contribution in [3.63, 3.8) is 0 Å². The van der Waals surface area contributed by atoms with Crippen molar-refractivity contribution in [2.24, 2.45) is 0 Å². The summed E-state index contributed by atoms with van der Waals surface area (Å²) < 4.78 is 6.65. The summed E-state index contributed by atoms with van der Waals surface area (Å²) in [5.41, 5.74) is 0. The van der Waals surface area contributed by atoms with Crippen LogP contribution in [0.4, 0.5) is 0 Å². The van der Waals surface area contributed by atoms with Gasteiger partial charge in [0.1, 0.15) is 0 Å². The van der Waals surface area contributed by atoms with Crippen molar-refractivity contribution in [3.8, 4) is 0 Å². The molecule has 0 fully saturated rings. The van der Waals surface area contributed by atoms with Crippen LogP contribution in [0.25, 0.3) is 0 Å². The Kier molecular flexibility index (Phi) is 5.82. The highest BCUT2D eigenvalue weighted by molar-refractivity contribution is 9.10. The molecule has 0 radical (unpaired) electrons. The summed E-state index contributed by atoms with van der Waals surface area (Å²) in [6.07, 6.45) is 0.291. The minimum Gasteiger partial charge on any atom is -0.377 e. The first-order valence-electron chi connectivity index (χ1n) is 5.20. The lowest BCUT2D eigenvalue weighted by Crippen LogP contribution is -2.26. The Labute approximate surface area is 104 Å². The number of thiophene rings is 1. The van der Waals surface area contributed by atoms with Crippen LogP contribution in [0.15, 0.2) is 10.5 Å². The van der Waals surface area contributed by atoms with Gasteiger partial charge in [-0.1, -0.05) is 0 Å². The zero-order valence-electron chi connectivity index (χ0n) is 9.47. The van der Waals surface area contributed by atoms with Crippen LogP contribution in [0.5, 0.6) is 0 Å². The lowest BCUT2D eigenvalue weighted by Gasteiger charge is -2.11. The van der Waals surface area contributed by atoms with Gasteiger partial charge in [0.2, 0.25) is 0 Å². The number of hydrogen-bond acceptors (Lipinski definition) is 3. The second-order valence-electron chi connectivity index (χ2n) is 3.51. The van der Waals surface area contributed by atoms with E-state index in [0.29, 0.717) is 6.10 Å². The van der Waals surface area contributed by atoms with Crippen molar-refractivity contribution in [2.75, 3.05) is 13.2 Å². The summed E-state index contributed by atoms with van der Waals surface area (Å²) in [7, 11) is 0. The van der Waals surface area contributed by atoms with Crippen LogP contribution in [0.2, 0.25) is 0 Å². The first-order chi connectivity index (χ1) is 7.13. The molecule has 0 saturated carbocycles. The molecule has 1 unspecified atom stereocenters. The van der Waals surface area contributed by atoms with E-state index in [0.717, 1.165) is 19.7 Å². The van der Waals surface area contributed by atoms with Crippen LogP contribution in [-0.4, -0.2) is 19.3 Å². The molecule has 0 amide bonds. The van der Waals surface area contributed by atoms with Crippen molar-refractivity contribution in [3.05, 3.63) is 20.3 Å². The molecule has 0 saturated heterocycles. The van der Waals surface area contributed by atoms with Crippen molar-refractivity contribution >= 4 is 27.3 Å². The molecule has 0 aliphatic rings. The van der Waals surface area contributed by atoms with Gasteiger partial charge in [0, 0.05) is 33.9 Å². The summed E-state index contributed by atoms with van der Waals surface area (Å²) in [6.45, 7) is 8.85. The van der Waals surface area contributed by atoms with E-state index in [4.69, 9.17) is 4.74 Å². The Bertz CT molecular complexity index is 281. The van der Waals surface area contributed by atoms with Crippen LogP contribution in [0.1, 0.15) is 23.6 Å². The molecule has 86 valence electrons. The summed E-state index contributed by atoms with van der Waals surface area (Å²) in [6, 6.07) is 2.18. The van der Waals surface area contributed by atoms with Gasteiger partial charge in [-0.2, -0.15) is 0 Å². The van der Waals surface area contributed by atoms with Crippen LogP contribution in [0.3, 0.4) is 0 Å². The van der Waals surface area contributed by atoms with Gasteiger partial charge in [-0.3, -0.25) is 0 Å². The summed E-state index contributed by atoms with van der Waals surface area (Å²) in [4.78, 5) is 2.70. The van der Waals surface area contributed by atoms with Gasteiger partial charge in [0.25, 0.3) is 0 Å². The Morgan fingerprint density at radius 3 is 2.87 bits per heavy atom. The van der Waals surface area contributed by atoms with E-state index in [2.05, 4.69) is 41.2 Å². The Balaban J connectivity index is 2.25. The third-order valence-corrected chi connectivity index (χ3v) is 4.23. The minimum atomic E-state index is 0.291. The summed E-state index contributed by atoms with van der Waals surface area (Å²) in [5.74, 6) is 0. The van der Waals surface area contributed by atoms with Crippen molar-refractivity contribution in [2.45, 2.75) is 33.4 Å². The normalized spacial score (nSPS) is 13.1. The molecule has 1 aromatic heterocycles. The monoisotopic (exact) mass is 291 g/mol. The lowest BCUT2D eigenvalue weighted by molar-refractivity contribution is 0.0760. The zero-order valence-corrected chi connectivity index (χ0v) is 11.9. The molecule has 0 bridgehead atoms. The average molecular weight is 292 g/mol. The third kappa shape index (κ3) is 4.64. The fourth-order valence-electron chi connectivity index (χ4n) is 1.35. The van der Waals surface area contributed by atoms with Gasteiger partial charge in [-0.05, 0) is 42.8 Å². The van der Waals surface area contributed by atoms with Crippen LogP contribution in [-0.2, 0) is 11.3 Å². The molecule has 1 N–H and O–H groups in total. The van der Waals surface area contributed by atoms with E-state index >= 15 is 0 Å². The maximum atomic E-state index is 5.44. The molecule has 1 atom stereocenters. The predicted molar refractivity (Wildman–Crippen MR) is 69.6 cm³/mol. The fraction of sp³-hybridized carbons (Fsp3) is 0.636. The number of rotatable bonds is 6. The molecule has 2 nitrogen and oxygen atoms in total. The highest BCUT2D eigenvalue weighted by atomic mass is 79.9. The molecule has 0 spiro atoms. The molecule has 4 heteroatoms. The van der Waals surface area contributed by atoms with Gasteiger partial charge in [0.05, 0.1) is 6.10 Å². The minimum absolute atomic E-state index is 0.291. The highest BCUT2D eigenvalue weighted by Crippen LogP contribution is 2.25. The van der Waals surface area contributed by atoms with E-state index in [1.165, 1.54) is 14.2 Å². The number of aryl methyl sites for hydroxylation is 1. The molecular weight excluding hydrogens is 274 g/mol. The average Bonchev–Trinajstić information content (AvgIpc) is 2.46. The maximum absolute atomic E-state index is 5.44. The first-order valence-corrected chi connectivity index (χ1v) is 6.81. The SMILES string of the molecule is CCOC(C)CNCc1cc(Br)c(C)s1. The van der Waals surface area contributed by atoms with E-state index in [-0.39, 0.29) is 0 Å². The molecule has 1 aromatic rings.